The molecule has 2 aromatic carbocycles. The Balaban J connectivity index is 1.30. The molecule has 6 heteroatoms. The smallest absolute Gasteiger partial charge is 0.256 e. The van der Waals surface area contributed by atoms with Crippen molar-refractivity contribution < 1.29 is 13.6 Å². The van der Waals surface area contributed by atoms with Gasteiger partial charge in [0.2, 0.25) is 5.89 Å². The van der Waals surface area contributed by atoms with Crippen LogP contribution in [0.5, 0.6) is 0 Å². The van der Waals surface area contributed by atoms with Crippen LogP contribution >= 0.6 is 0 Å². The SMILES string of the molecule is O=C(c1ccc(Cc2ccccc2F)nc1)N1CCCC[C@H]1c1ncc(Cc2ccccc2)o1. The lowest BCUT2D eigenvalue weighted by Gasteiger charge is -2.33. The highest BCUT2D eigenvalue weighted by Crippen LogP contribution is 2.32. The van der Waals surface area contributed by atoms with Gasteiger partial charge in [0.25, 0.3) is 5.91 Å². The number of benzene rings is 2. The van der Waals surface area contributed by atoms with Crippen molar-refractivity contribution in [3.63, 3.8) is 0 Å². The summed E-state index contributed by atoms with van der Waals surface area (Å²) in [6.45, 7) is 0.650. The van der Waals surface area contributed by atoms with Crippen LogP contribution in [0.25, 0.3) is 0 Å². The van der Waals surface area contributed by atoms with Crippen LogP contribution in [0.4, 0.5) is 4.39 Å². The molecule has 34 heavy (non-hydrogen) atoms. The van der Waals surface area contributed by atoms with Gasteiger partial charge in [-0.1, -0.05) is 48.5 Å². The molecule has 1 amide bonds. The van der Waals surface area contributed by atoms with Crippen molar-refractivity contribution in [3.8, 4) is 0 Å². The quantitative estimate of drug-likeness (QED) is 0.371. The van der Waals surface area contributed by atoms with E-state index in [0.717, 1.165) is 36.3 Å². The molecule has 0 saturated carbocycles. The van der Waals surface area contributed by atoms with Gasteiger partial charge in [0.15, 0.2) is 0 Å². The minimum absolute atomic E-state index is 0.0857. The Hall–Kier alpha value is -3.80. The van der Waals surface area contributed by atoms with Gasteiger partial charge in [-0.3, -0.25) is 9.78 Å². The van der Waals surface area contributed by atoms with E-state index in [2.05, 4.69) is 22.1 Å². The predicted molar refractivity (Wildman–Crippen MR) is 127 cm³/mol. The molecular weight excluding hydrogens is 429 g/mol. The van der Waals surface area contributed by atoms with Crippen LogP contribution in [-0.2, 0) is 12.8 Å². The van der Waals surface area contributed by atoms with Crippen molar-refractivity contribution in [3.05, 3.63) is 119 Å². The molecule has 0 unspecified atom stereocenters. The van der Waals surface area contributed by atoms with Crippen molar-refractivity contribution in [2.45, 2.75) is 38.1 Å². The Kier molecular flexibility index (Phi) is 6.47. The highest BCUT2D eigenvalue weighted by atomic mass is 19.1. The summed E-state index contributed by atoms with van der Waals surface area (Å²) in [5.74, 6) is 1.04. The topological polar surface area (TPSA) is 59.2 Å². The van der Waals surface area contributed by atoms with Crippen LogP contribution < -0.4 is 0 Å². The summed E-state index contributed by atoms with van der Waals surface area (Å²) < 4.78 is 20.0. The third kappa shape index (κ3) is 4.91. The van der Waals surface area contributed by atoms with Crippen molar-refractivity contribution in [1.29, 1.82) is 0 Å². The molecule has 1 fully saturated rings. The highest BCUT2D eigenvalue weighted by Gasteiger charge is 2.32. The van der Waals surface area contributed by atoms with Crippen LogP contribution in [0.15, 0.2) is 83.5 Å². The number of amides is 1. The molecular formula is C28H26FN3O2. The molecule has 0 bridgehead atoms. The lowest BCUT2D eigenvalue weighted by Crippen LogP contribution is -2.38. The van der Waals surface area contributed by atoms with Crippen LogP contribution in [0.1, 0.15) is 64.1 Å². The van der Waals surface area contributed by atoms with E-state index in [0.29, 0.717) is 36.4 Å². The summed E-state index contributed by atoms with van der Waals surface area (Å²) in [7, 11) is 0. The van der Waals surface area contributed by atoms with Gasteiger partial charge < -0.3 is 9.32 Å². The minimum atomic E-state index is -0.252. The first kappa shape index (κ1) is 22.0. The van der Waals surface area contributed by atoms with E-state index in [4.69, 9.17) is 4.42 Å². The molecule has 5 nitrogen and oxygen atoms in total. The van der Waals surface area contributed by atoms with Gasteiger partial charge in [-0.05, 0) is 48.6 Å². The number of pyridine rings is 1. The van der Waals surface area contributed by atoms with Gasteiger partial charge >= 0.3 is 0 Å². The van der Waals surface area contributed by atoms with E-state index in [9.17, 15) is 9.18 Å². The fourth-order valence-electron chi connectivity index (χ4n) is 4.45. The van der Waals surface area contributed by atoms with Crippen molar-refractivity contribution in [2.75, 3.05) is 6.54 Å². The first-order valence-corrected chi connectivity index (χ1v) is 11.7. The van der Waals surface area contributed by atoms with Crippen LogP contribution in [0.2, 0.25) is 0 Å². The Bertz CT molecular complexity index is 1250. The zero-order valence-corrected chi connectivity index (χ0v) is 18.9. The maximum atomic E-state index is 14.0. The second kappa shape index (κ2) is 10.00. The van der Waals surface area contributed by atoms with Gasteiger partial charge in [0.1, 0.15) is 17.6 Å². The lowest BCUT2D eigenvalue weighted by atomic mass is 10.0. The molecule has 5 rings (SSSR count). The normalized spacial score (nSPS) is 15.9. The van der Waals surface area contributed by atoms with E-state index in [1.807, 2.05) is 23.1 Å². The lowest BCUT2D eigenvalue weighted by molar-refractivity contribution is 0.0569. The number of hydrogen-bond donors (Lipinski definition) is 0. The number of carbonyl (C=O) groups is 1. The van der Waals surface area contributed by atoms with Crippen molar-refractivity contribution in [1.82, 2.24) is 14.9 Å². The first-order chi connectivity index (χ1) is 16.7. The molecule has 0 radical (unpaired) electrons. The van der Waals surface area contributed by atoms with E-state index < -0.39 is 0 Å². The Morgan fingerprint density at radius 2 is 1.76 bits per heavy atom. The van der Waals surface area contributed by atoms with Gasteiger partial charge in [0.05, 0.1) is 11.8 Å². The second-order valence-corrected chi connectivity index (χ2v) is 8.64. The third-order valence-electron chi connectivity index (χ3n) is 6.24. The minimum Gasteiger partial charge on any atom is -0.443 e. The van der Waals surface area contributed by atoms with Gasteiger partial charge in [-0.15, -0.1) is 0 Å². The molecule has 1 saturated heterocycles. The average molecular weight is 456 g/mol. The first-order valence-electron chi connectivity index (χ1n) is 11.7. The number of hydrogen-bond acceptors (Lipinski definition) is 4. The van der Waals surface area contributed by atoms with Crippen molar-refractivity contribution >= 4 is 5.91 Å². The molecule has 2 aromatic heterocycles. The molecule has 1 aliphatic heterocycles. The molecule has 0 spiro atoms. The highest BCUT2D eigenvalue weighted by molar-refractivity contribution is 5.94. The van der Waals surface area contributed by atoms with Crippen molar-refractivity contribution in [2.24, 2.45) is 0 Å². The number of likely N-dealkylation sites (tertiary alicyclic amines) is 1. The number of piperidine rings is 1. The Morgan fingerprint density at radius 1 is 0.941 bits per heavy atom. The zero-order chi connectivity index (χ0) is 23.3. The molecule has 3 heterocycles. The molecule has 1 atom stereocenters. The largest absolute Gasteiger partial charge is 0.443 e. The summed E-state index contributed by atoms with van der Waals surface area (Å²) in [4.78, 5) is 24.2. The number of halogens is 1. The summed E-state index contributed by atoms with van der Waals surface area (Å²) in [6, 6.07) is 20.1. The number of rotatable bonds is 6. The summed E-state index contributed by atoms with van der Waals surface area (Å²) >= 11 is 0. The van der Waals surface area contributed by atoms with Gasteiger partial charge in [0, 0.05) is 31.3 Å². The number of oxazole rings is 1. The van der Waals surface area contributed by atoms with Gasteiger partial charge in [-0.25, -0.2) is 9.37 Å². The average Bonchev–Trinajstić information content (AvgIpc) is 3.34. The van der Waals surface area contributed by atoms with Crippen LogP contribution in [0, 0.1) is 5.82 Å². The maximum Gasteiger partial charge on any atom is 0.256 e. The standard InChI is InChI=1S/C28H26FN3O2/c29-25-11-5-4-10-21(25)17-23-14-13-22(18-30-23)28(33)32-15-7-6-12-26(32)27-31-19-24(34-27)16-20-8-2-1-3-9-20/h1-5,8-11,13-14,18-19,26H,6-7,12,15-17H2/t26-/m0/s1. The Morgan fingerprint density at radius 3 is 2.56 bits per heavy atom. The number of aromatic nitrogens is 2. The monoisotopic (exact) mass is 455 g/mol. The fourth-order valence-corrected chi connectivity index (χ4v) is 4.45. The molecule has 4 aromatic rings. The predicted octanol–water partition coefficient (Wildman–Crippen LogP) is 5.76. The van der Waals surface area contributed by atoms with E-state index >= 15 is 0 Å². The number of carbonyl (C=O) groups excluding carboxylic acids is 1. The molecule has 0 N–H and O–H groups in total. The second-order valence-electron chi connectivity index (χ2n) is 8.64. The number of nitrogens with zero attached hydrogens (tertiary/aromatic N) is 3. The van der Waals surface area contributed by atoms with E-state index in [1.54, 1.807) is 42.7 Å². The summed E-state index contributed by atoms with van der Waals surface area (Å²) in [5.41, 5.74) is 2.97. The van der Waals surface area contributed by atoms with Crippen LogP contribution in [-0.4, -0.2) is 27.3 Å². The fraction of sp³-hybridized carbons (Fsp3) is 0.250. The van der Waals surface area contributed by atoms with E-state index in [1.165, 1.54) is 6.07 Å². The van der Waals surface area contributed by atoms with Gasteiger partial charge in [-0.2, -0.15) is 0 Å². The third-order valence-corrected chi connectivity index (χ3v) is 6.24. The molecule has 0 aliphatic carbocycles. The molecule has 172 valence electrons. The summed E-state index contributed by atoms with van der Waals surface area (Å²) in [6.07, 6.45) is 7.17. The zero-order valence-electron chi connectivity index (χ0n) is 18.9. The summed E-state index contributed by atoms with van der Waals surface area (Å²) in [5, 5.41) is 0. The molecule has 1 aliphatic rings. The Labute approximate surface area is 198 Å². The van der Waals surface area contributed by atoms with Crippen LogP contribution in [0.3, 0.4) is 0 Å². The van der Waals surface area contributed by atoms with E-state index in [-0.39, 0.29) is 17.8 Å². The maximum absolute atomic E-state index is 14.0.